The molecule has 1 aliphatic carbocycles. The maximum Gasteiger partial charge on any atom is 0.251 e. The van der Waals surface area contributed by atoms with E-state index in [9.17, 15) is 9.90 Å². The minimum absolute atomic E-state index is 0.0968. The van der Waals surface area contributed by atoms with Crippen molar-refractivity contribution in [2.24, 2.45) is 5.92 Å². The van der Waals surface area contributed by atoms with Crippen LogP contribution in [0.25, 0.3) is 0 Å². The van der Waals surface area contributed by atoms with Crippen LogP contribution in [0.15, 0.2) is 24.3 Å². The van der Waals surface area contributed by atoms with E-state index in [1.807, 2.05) is 0 Å². The molecule has 1 amide bonds. The number of hydrogen-bond donors (Lipinski definition) is 2. The molecular weight excluding hydrogens is 242 g/mol. The summed E-state index contributed by atoms with van der Waals surface area (Å²) in [6.45, 7) is 0.548. The van der Waals surface area contributed by atoms with Crippen LogP contribution in [0.3, 0.4) is 0 Å². The summed E-state index contributed by atoms with van der Waals surface area (Å²) in [5.74, 6) is 0.829. The Morgan fingerprint density at radius 2 is 2.00 bits per heavy atom. The molecule has 2 N–H and O–H groups in total. The van der Waals surface area contributed by atoms with E-state index in [1.165, 1.54) is 0 Å². The second kappa shape index (κ2) is 6.57. The molecule has 0 aliphatic heterocycles. The van der Waals surface area contributed by atoms with Gasteiger partial charge in [0.25, 0.3) is 5.91 Å². The Bertz CT molecular complexity index is 416. The summed E-state index contributed by atoms with van der Waals surface area (Å²) >= 11 is 0. The van der Waals surface area contributed by atoms with E-state index < -0.39 is 0 Å². The molecule has 0 saturated heterocycles. The molecule has 0 radical (unpaired) electrons. The van der Waals surface area contributed by atoms with Gasteiger partial charge in [-0.05, 0) is 37.1 Å². The van der Waals surface area contributed by atoms with E-state index in [2.05, 4.69) is 5.32 Å². The van der Waals surface area contributed by atoms with Crippen LogP contribution in [0.2, 0.25) is 0 Å². The molecule has 19 heavy (non-hydrogen) atoms. The summed E-state index contributed by atoms with van der Waals surface area (Å²) in [7, 11) is 1.60. The molecule has 2 atom stereocenters. The monoisotopic (exact) mass is 263 g/mol. The van der Waals surface area contributed by atoms with Gasteiger partial charge in [-0.2, -0.15) is 0 Å². The molecule has 1 aromatic carbocycles. The van der Waals surface area contributed by atoms with Crippen LogP contribution < -0.4 is 10.1 Å². The first-order valence-corrected chi connectivity index (χ1v) is 6.81. The van der Waals surface area contributed by atoms with Gasteiger partial charge in [0, 0.05) is 18.0 Å². The molecule has 0 spiro atoms. The second-order valence-corrected chi connectivity index (χ2v) is 5.05. The van der Waals surface area contributed by atoms with Gasteiger partial charge >= 0.3 is 0 Å². The lowest BCUT2D eigenvalue weighted by molar-refractivity contribution is 0.0663. The number of aliphatic hydroxyl groups excluding tert-OH is 1. The molecule has 0 bridgehead atoms. The number of amides is 1. The molecule has 4 heteroatoms. The van der Waals surface area contributed by atoms with Crippen LogP contribution in [0, 0.1) is 5.92 Å². The van der Waals surface area contributed by atoms with Crippen molar-refractivity contribution < 1.29 is 14.6 Å². The van der Waals surface area contributed by atoms with Gasteiger partial charge in [-0.3, -0.25) is 4.79 Å². The van der Waals surface area contributed by atoms with Crippen LogP contribution in [-0.4, -0.2) is 30.8 Å². The Labute approximate surface area is 113 Å². The highest BCUT2D eigenvalue weighted by atomic mass is 16.5. The quantitative estimate of drug-likeness (QED) is 0.873. The van der Waals surface area contributed by atoms with Crippen molar-refractivity contribution in [1.29, 1.82) is 0 Å². The molecule has 4 nitrogen and oxygen atoms in total. The minimum Gasteiger partial charge on any atom is -0.497 e. The number of carbonyl (C=O) groups is 1. The highest BCUT2D eigenvalue weighted by molar-refractivity contribution is 5.94. The SMILES string of the molecule is COc1ccc(C(=O)NCC2CCCCC2O)cc1. The largest absolute Gasteiger partial charge is 0.497 e. The first kappa shape index (κ1) is 13.9. The Kier molecular flexibility index (Phi) is 4.80. The maximum absolute atomic E-state index is 12.0. The predicted octanol–water partition coefficient (Wildman–Crippen LogP) is 1.98. The number of rotatable bonds is 4. The zero-order valence-electron chi connectivity index (χ0n) is 11.3. The van der Waals surface area contributed by atoms with Crippen LogP contribution >= 0.6 is 0 Å². The van der Waals surface area contributed by atoms with Crippen molar-refractivity contribution in [3.05, 3.63) is 29.8 Å². The summed E-state index contributed by atoms with van der Waals surface area (Å²) in [6, 6.07) is 7.02. The molecule has 1 aliphatic rings. The first-order valence-electron chi connectivity index (χ1n) is 6.81. The third kappa shape index (κ3) is 3.70. The van der Waals surface area contributed by atoms with Crippen molar-refractivity contribution >= 4 is 5.91 Å². The topological polar surface area (TPSA) is 58.6 Å². The summed E-state index contributed by atoms with van der Waals surface area (Å²) < 4.78 is 5.05. The third-order valence-electron chi connectivity index (χ3n) is 3.75. The van der Waals surface area contributed by atoms with E-state index in [0.29, 0.717) is 12.1 Å². The lowest BCUT2D eigenvalue weighted by Crippen LogP contribution is -2.36. The average Bonchev–Trinajstić information content (AvgIpc) is 2.46. The van der Waals surface area contributed by atoms with Crippen LogP contribution in [0.4, 0.5) is 0 Å². The fourth-order valence-electron chi connectivity index (χ4n) is 2.49. The minimum atomic E-state index is -0.273. The number of benzene rings is 1. The standard InChI is InChI=1S/C15H21NO3/c1-19-13-8-6-11(7-9-13)15(18)16-10-12-4-2-3-5-14(12)17/h6-9,12,14,17H,2-5,10H2,1H3,(H,16,18). The Hall–Kier alpha value is -1.55. The van der Waals surface area contributed by atoms with Gasteiger partial charge in [0.15, 0.2) is 0 Å². The molecule has 2 rings (SSSR count). The zero-order valence-corrected chi connectivity index (χ0v) is 11.3. The summed E-state index contributed by atoms with van der Waals surface area (Å²) in [5, 5.41) is 12.7. The number of methoxy groups -OCH3 is 1. The average molecular weight is 263 g/mol. The van der Waals surface area contributed by atoms with Crippen molar-refractivity contribution in [3.8, 4) is 5.75 Å². The Morgan fingerprint density at radius 1 is 1.32 bits per heavy atom. The summed E-state index contributed by atoms with van der Waals surface area (Å²) in [5.41, 5.74) is 0.617. The second-order valence-electron chi connectivity index (χ2n) is 5.05. The van der Waals surface area contributed by atoms with E-state index in [4.69, 9.17) is 4.74 Å². The fraction of sp³-hybridized carbons (Fsp3) is 0.533. The fourth-order valence-corrected chi connectivity index (χ4v) is 2.49. The summed E-state index contributed by atoms with van der Waals surface area (Å²) in [6.07, 6.45) is 3.79. The van der Waals surface area contributed by atoms with Gasteiger partial charge in [-0.1, -0.05) is 12.8 Å². The highest BCUT2D eigenvalue weighted by Crippen LogP contribution is 2.23. The summed E-state index contributed by atoms with van der Waals surface area (Å²) in [4.78, 5) is 12.0. The molecule has 104 valence electrons. The molecule has 2 unspecified atom stereocenters. The van der Waals surface area contributed by atoms with Crippen molar-refractivity contribution in [2.75, 3.05) is 13.7 Å². The Balaban J connectivity index is 1.86. The number of hydrogen-bond acceptors (Lipinski definition) is 3. The lowest BCUT2D eigenvalue weighted by atomic mass is 9.86. The molecule has 0 heterocycles. The molecular formula is C15H21NO3. The van der Waals surface area contributed by atoms with Crippen molar-refractivity contribution in [2.45, 2.75) is 31.8 Å². The van der Waals surface area contributed by atoms with Crippen LogP contribution in [-0.2, 0) is 0 Å². The van der Waals surface area contributed by atoms with Gasteiger partial charge < -0.3 is 15.2 Å². The van der Waals surface area contributed by atoms with Crippen molar-refractivity contribution in [3.63, 3.8) is 0 Å². The molecule has 1 aromatic rings. The van der Waals surface area contributed by atoms with E-state index in [-0.39, 0.29) is 17.9 Å². The van der Waals surface area contributed by atoms with Gasteiger partial charge in [0.05, 0.1) is 13.2 Å². The highest BCUT2D eigenvalue weighted by Gasteiger charge is 2.23. The maximum atomic E-state index is 12.0. The number of aliphatic hydroxyl groups is 1. The normalized spacial score (nSPS) is 22.8. The first-order chi connectivity index (χ1) is 9.20. The van der Waals surface area contributed by atoms with E-state index in [0.717, 1.165) is 31.4 Å². The van der Waals surface area contributed by atoms with Gasteiger partial charge in [-0.25, -0.2) is 0 Å². The van der Waals surface area contributed by atoms with E-state index >= 15 is 0 Å². The lowest BCUT2D eigenvalue weighted by Gasteiger charge is -2.27. The number of nitrogens with one attached hydrogen (secondary N) is 1. The smallest absolute Gasteiger partial charge is 0.251 e. The third-order valence-corrected chi connectivity index (χ3v) is 3.75. The predicted molar refractivity (Wildman–Crippen MR) is 73.3 cm³/mol. The Morgan fingerprint density at radius 3 is 2.63 bits per heavy atom. The van der Waals surface area contributed by atoms with Gasteiger partial charge in [0.1, 0.15) is 5.75 Å². The van der Waals surface area contributed by atoms with Gasteiger partial charge in [0.2, 0.25) is 0 Å². The molecule has 1 saturated carbocycles. The zero-order chi connectivity index (χ0) is 13.7. The van der Waals surface area contributed by atoms with Gasteiger partial charge in [-0.15, -0.1) is 0 Å². The van der Waals surface area contributed by atoms with Crippen LogP contribution in [0.1, 0.15) is 36.0 Å². The molecule has 1 fully saturated rings. The molecule has 0 aromatic heterocycles. The van der Waals surface area contributed by atoms with Crippen LogP contribution in [0.5, 0.6) is 5.75 Å². The van der Waals surface area contributed by atoms with E-state index in [1.54, 1.807) is 31.4 Å². The number of ether oxygens (including phenoxy) is 1. The number of carbonyl (C=O) groups excluding carboxylic acids is 1. The van der Waals surface area contributed by atoms with Crippen molar-refractivity contribution in [1.82, 2.24) is 5.32 Å².